The van der Waals surface area contributed by atoms with E-state index in [0.29, 0.717) is 24.3 Å². The molecule has 0 atom stereocenters. The summed E-state index contributed by atoms with van der Waals surface area (Å²) in [6.07, 6.45) is 1.39. The maximum atomic E-state index is 11.4. The van der Waals surface area contributed by atoms with Crippen LogP contribution in [-0.2, 0) is 14.1 Å². The average molecular weight is 302 g/mol. The van der Waals surface area contributed by atoms with Crippen molar-refractivity contribution in [3.05, 3.63) is 27.2 Å². The summed E-state index contributed by atoms with van der Waals surface area (Å²) in [5.74, 6) is 0. The lowest BCUT2D eigenvalue weighted by Crippen LogP contribution is -2.36. The molecule has 0 saturated carbocycles. The highest BCUT2D eigenvalue weighted by molar-refractivity contribution is 5.68. The number of hydrogen-bond donors (Lipinski definition) is 5. The van der Waals surface area contributed by atoms with Gasteiger partial charge in [0.15, 0.2) is 5.65 Å². The molecule has 0 aliphatic rings. The van der Waals surface area contributed by atoms with Crippen LogP contribution in [0.25, 0.3) is 11.2 Å². The van der Waals surface area contributed by atoms with Gasteiger partial charge in [-0.1, -0.05) is 0 Å². The van der Waals surface area contributed by atoms with Crippen molar-refractivity contribution in [1.29, 1.82) is 0 Å². The van der Waals surface area contributed by atoms with Gasteiger partial charge in [-0.15, -0.1) is 0 Å². The van der Waals surface area contributed by atoms with E-state index in [-0.39, 0.29) is 24.5 Å². The van der Waals surface area contributed by atoms with Gasteiger partial charge in [-0.05, 0) is 0 Å². The third-order valence-electron chi connectivity index (χ3n) is 2.29. The molecular formula is C11H22N6O4. The second-order valence-corrected chi connectivity index (χ2v) is 3.83. The third kappa shape index (κ3) is 5.11. The van der Waals surface area contributed by atoms with E-state index in [2.05, 4.69) is 9.97 Å². The topological polar surface area (TPSA) is 165 Å². The Morgan fingerprint density at radius 1 is 1.14 bits per heavy atom. The van der Waals surface area contributed by atoms with E-state index in [9.17, 15) is 9.59 Å². The number of nitrogens with zero attached hydrogens (tertiary/aromatic N) is 3. The zero-order valence-corrected chi connectivity index (χ0v) is 12.1. The Morgan fingerprint density at radius 3 is 2.05 bits per heavy atom. The summed E-state index contributed by atoms with van der Waals surface area (Å²) in [5.41, 5.74) is 9.57. The van der Waals surface area contributed by atoms with Gasteiger partial charge < -0.3 is 26.7 Å². The summed E-state index contributed by atoms with van der Waals surface area (Å²) in [6.45, 7) is 0.944. The first-order valence-electron chi connectivity index (χ1n) is 6.17. The molecule has 10 nitrogen and oxygen atoms in total. The molecule has 120 valence electrons. The molecule has 0 spiro atoms. The number of fused-ring (bicyclic) bond motifs is 1. The molecule has 0 radical (unpaired) electrons. The SMILES string of the molecule is Cn1c(=O)c2[nH]cnc2n(C)c1=O.NCCO.NCCO. The Balaban J connectivity index is 0.000000421. The first-order valence-corrected chi connectivity index (χ1v) is 6.17. The first kappa shape index (κ1) is 19.0. The monoisotopic (exact) mass is 302 g/mol. The number of aromatic nitrogens is 4. The van der Waals surface area contributed by atoms with Gasteiger partial charge in [0.05, 0.1) is 19.5 Å². The van der Waals surface area contributed by atoms with Crippen molar-refractivity contribution in [1.82, 2.24) is 19.1 Å². The van der Waals surface area contributed by atoms with E-state index in [1.165, 1.54) is 17.9 Å². The third-order valence-corrected chi connectivity index (χ3v) is 2.29. The van der Waals surface area contributed by atoms with Crippen LogP contribution < -0.4 is 22.7 Å². The van der Waals surface area contributed by atoms with Crippen LogP contribution in [0.3, 0.4) is 0 Å². The summed E-state index contributed by atoms with van der Waals surface area (Å²) in [7, 11) is 3.01. The average Bonchev–Trinajstić information content (AvgIpc) is 3.01. The summed E-state index contributed by atoms with van der Waals surface area (Å²) >= 11 is 0. The summed E-state index contributed by atoms with van der Waals surface area (Å²) in [5, 5.41) is 15.5. The summed E-state index contributed by atoms with van der Waals surface area (Å²) < 4.78 is 2.37. The van der Waals surface area contributed by atoms with E-state index in [4.69, 9.17) is 21.7 Å². The standard InChI is InChI=1S/C7H8N4O2.2C2H7NO/c1-10-5-4(8-3-9-5)6(12)11(2)7(10)13;2*3-1-2-4/h3H,1-2H3,(H,8,9);2*4H,1-3H2. The number of hydrogen-bond acceptors (Lipinski definition) is 7. The van der Waals surface area contributed by atoms with Crippen LogP contribution in [0.4, 0.5) is 0 Å². The molecule has 10 heteroatoms. The van der Waals surface area contributed by atoms with Crippen LogP contribution in [0, 0.1) is 0 Å². The van der Waals surface area contributed by atoms with Crippen LogP contribution in [0.15, 0.2) is 15.9 Å². The zero-order chi connectivity index (χ0) is 16.4. The first-order chi connectivity index (χ1) is 9.95. The number of imidazole rings is 1. The zero-order valence-electron chi connectivity index (χ0n) is 12.1. The molecule has 2 aromatic heterocycles. The Labute approximate surface area is 120 Å². The molecule has 0 saturated heterocycles. The second-order valence-electron chi connectivity index (χ2n) is 3.83. The number of aliphatic hydroxyl groups excluding tert-OH is 2. The van der Waals surface area contributed by atoms with Gasteiger partial charge in [0, 0.05) is 27.2 Å². The van der Waals surface area contributed by atoms with E-state index in [1.54, 1.807) is 7.05 Å². The van der Waals surface area contributed by atoms with E-state index < -0.39 is 0 Å². The number of aliphatic hydroxyl groups is 2. The fraction of sp³-hybridized carbons (Fsp3) is 0.545. The molecular weight excluding hydrogens is 280 g/mol. The molecule has 2 heterocycles. The molecule has 7 N–H and O–H groups in total. The summed E-state index contributed by atoms with van der Waals surface area (Å²) in [4.78, 5) is 29.4. The fourth-order valence-electron chi connectivity index (χ4n) is 1.27. The lowest BCUT2D eigenvalue weighted by atomic mass is 10.5. The van der Waals surface area contributed by atoms with Crippen molar-refractivity contribution in [2.24, 2.45) is 25.6 Å². The van der Waals surface area contributed by atoms with Gasteiger partial charge in [-0.2, -0.15) is 0 Å². The summed E-state index contributed by atoms with van der Waals surface area (Å²) in [6, 6.07) is 0. The number of aromatic amines is 1. The molecule has 0 aliphatic heterocycles. The van der Waals surface area contributed by atoms with Crippen molar-refractivity contribution in [2.45, 2.75) is 0 Å². The Bertz CT molecular complexity index is 636. The van der Waals surface area contributed by atoms with Gasteiger partial charge in [0.1, 0.15) is 5.52 Å². The van der Waals surface area contributed by atoms with E-state index >= 15 is 0 Å². The minimum Gasteiger partial charge on any atom is -0.395 e. The highest BCUT2D eigenvalue weighted by Gasteiger charge is 2.08. The van der Waals surface area contributed by atoms with Crippen LogP contribution >= 0.6 is 0 Å². The van der Waals surface area contributed by atoms with Crippen LogP contribution in [0.5, 0.6) is 0 Å². The van der Waals surface area contributed by atoms with Gasteiger partial charge in [0.2, 0.25) is 0 Å². The normalized spacial score (nSPS) is 9.62. The minimum absolute atomic E-state index is 0.0972. The predicted molar refractivity (Wildman–Crippen MR) is 78.9 cm³/mol. The lowest BCUT2D eigenvalue weighted by Gasteiger charge is -2.00. The van der Waals surface area contributed by atoms with Gasteiger partial charge >= 0.3 is 5.69 Å². The largest absolute Gasteiger partial charge is 0.395 e. The van der Waals surface area contributed by atoms with Crippen molar-refractivity contribution in [3.8, 4) is 0 Å². The highest BCUT2D eigenvalue weighted by atomic mass is 16.3. The molecule has 0 bridgehead atoms. The van der Waals surface area contributed by atoms with Crippen molar-refractivity contribution in [3.63, 3.8) is 0 Å². The highest BCUT2D eigenvalue weighted by Crippen LogP contribution is 1.97. The number of nitrogens with one attached hydrogen (secondary N) is 1. The molecule has 0 aromatic carbocycles. The van der Waals surface area contributed by atoms with Crippen LogP contribution in [0.1, 0.15) is 0 Å². The van der Waals surface area contributed by atoms with Crippen molar-refractivity contribution >= 4 is 11.2 Å². The maximum Gasteiger partial charge on any atom is 0.332 e. The van der Waals surface area contributed by atoms with Crippen molar-refractivity contribution < 1.29 is 10.2 Å². The van der Waals surface area contributed by atoms with Gasteiger partial charge in [-0.3, -0.25) is 13.9 Å². The number of rotatable bonds is 2. The minimum atomic E-state index is -0.371. The quantitative estimate of drug-likeness (QED) is 0.390. The van der Waals surface area contributed by atoms with Gasteiger partial charge in [0.25, 0.3) is 5.56 Å². The lowest BCUT2D eigenvalue weighted by molar-refractivity contribution is 0.306. The Hall–Kier alpha value is -2.01. The van der Waals surface area contributed by atoms with Crippen molar-refractivity contribution in [2.75, 3.05) is 26.3 Å². The van der Waals surface area contributed by atoms with E-state index in [0.717, 1.165) is 4.57 Å². The molecule has 2 rings (SSSR count). The molecule has 21 heavy (non-hydrogen) atoms. The Morgan fingerprint density at radius 2 is 1.62 bits per heavy atom. The molecule has 0 amide bonds. The molecule has 0 aliphatic carbocycles. The van der Waals surface area contributed by atoms with Gasteiger partial charge in [-0.25, -0.2) is 9.78 Å². The fourth-order valence-corrected chi connectivity index (χ4v) is 1.27. The second kappa shape index (κ2) is 9.83. The maximum absolute atomic E-state index is 11.4. The number of H-pyrrole nitrogens is 1. The van der Waals surface area contributed by atoms with Crippen LogP contribution in [0.2, 0.25) is 0 Å². The molecule has 0 unspecified atom stereocenters. The van der Waals surface area contributed by atoms with Crippen LogP contribution in [-0.4, -0.2) is 55.6 Å². The number of aryl methyl sites for hydroxylation is 1. The smallest absolute Gasteiger partial charge is 0.332 e. The molecule has 0 fully saturated rings. The molecule has 2 aromatic rings. The Kier molecular flexibility index (Phi) is 8.88. The number of nitrogens with two attached hydrogens (primary N) is 2. The predicted octanol–water partition coefficient (Wildman–Crippen LogP) is -3.16. The van der Waals surface area contributed by atoms with E-state index in [1.807, 2.05) is 0 Å².